The van der Waals surface area contributed by atoms with E-state index in [1.807, 2.05) is 44.1 Å². The zero-order valence-corrected chi connectivity index (χ0v) is 10.9. The topological polar surface area (TPSA) is 75.5 Å². The number of aliphatic hydroxyl groups is 1. The minimum Gasteiger partial charge on any atom is -0.441 e. The molecule has 0 aliphatic carbocycles. The second-order valence-corrected chi connectivity index (χ2v) is 4.71. The maximum atomic E-state index is 9.25. The zero-order valence-electron chi connectivity index (χ0n) is 10.9. The van der Waals surface area contributed by atoms with Crippen LogP contribution in [0.3, 0.4) is 0 Å². The first-order chi connectivity index (χ1) is 8.52. The Labute approximate surface area is 106 Å². The molecule has 0 spiro atoms. The number of aliphatic hydroxyl groups excluding tert-OH is 1. The Hall–Kier alpha value is -1.43. The van der Waals surface area contributed by atoms with Crippen LogP contribution in [-0.4, -0.2) is 41.7 Å². The van der Waals surface area contributed by atoms with Gasteiger partial charge >= 0.3 is 0 Å². The Kier molecular flexibility index (Phi) is 3.65. The fourth-order valence-corrected chi connectivity index (χ4v) is 2.27. The van der Waals surface area contributed by atoms with Crippen molar-refractivity contribution in [3.05, 3.63) is 29.7 Å². The lowest BCUT2D eigenvalue weighted by atomic mass is 9.99. The van der Waals surface area contributed by atoms with Gasteiger partial charge in [-0.1, -0.05) is 6.07 Å². The summed E-state index contributed by atoms with van der Waals surface area (Å²) in [5, 5.41) is 9.25. The molecule has 98 valence electrons. The quantitative estimate of drug-likeness (QED) is 0.847. The van der Waals surface area contributed by atoms with Crippen LogP contribution in [0.15, 0.2) is 22.6 Å². The van der Waals surface area contributed by atoms with Gasteiger partial charge in [0.1, 0.15) is 5.52 Å². The molecule has 0 saturated heterocycles. The van der Waals surface area contributed by atoms with E-state index in [9.17, 15) is 5.11 Å². The number of benzene rings is 1. The molecule has 1 aromatic carbocycles. The van der Waals surface area contributed by atoms with Crippen LogP contribution in [0.25, 0.3) is 11.1 Å². The van der Waals surface area contributed by atoms with Gasteiger partial charge in [0, 0.05) is 13.0 Å². The van der Waals surface area contributed by atoms with Gasteiger partial charge in [-0.05, 0) is 31.8 Å². The molecule has 2 rings (SSSR count). The van der Waals surface area contributed by atoms with Crippen LogP contribution in [0.1, 0.15) is 17.5 Å². The highest BCUT2D eigenvalue weighted by Crippen LogP contribution is 2.25. The van der Waals surface area contributed by atoms with Crippen molar-refractivity contribution in [2.75, 3.05) is 20.7 Å². The summed E-state index contributed by atoms with van der Waals surface area (Å²) in [6.07, 6.45) is 0. The number of aromatic nitrogens is 1. The average Bonchev–Trinajstić information content (AvgIpc) is 2.68. The van der Waals surface area contributed by atoms with Crippen LogP contribution in [-0.2, 0) is 0 Å². The number of aryl methyl sites for hydroxylation is 1. The maximum absolute atomic E-state index is 9.25. The molecule has 0 bridgehead atoms. The number of hydrogen-bond acceptors (Lipinski definition) is 5. The Bertz CT molecular complexity index is 536. The highest BCUT2D eigenvalue weighted by atomic mass is 16.3. The van der Waals surface area contributed by atoms with E-state index in [0.717, 1.165) is 16.7 Å². The Morgan fingerprint density at radius 1 is 1.44 bits per heavy atom. The molecular formula is C13H19N3O2. The van der Waals surface area contributed by atoms with Crippen LogP contribution >= 0.6 is 0 Å². The maximum Gasteiger partial charge on any atom is 0.192 e. The zero-order chi connectivity index (χ0) is 13.3. The highest BCUT2D eigenvalue weighted by Gasteiger charge is 2.22. The van der Waals surface area contributed by atoms with Crippen molar-refractivity contribution in [3.8, 4) is 0 Å². The summed E-state index contributed by atoms with van der Waals surface area (Å²) < 4.78 is 5.44. The van der Waals surface area contributed by atoms with Crippen LogP contribution in [0.2, 0.25) is 0 Å². The molecule has 5 heteroatoms. The van der Waals surface area contributed by atoms with Crippen molar-refractivity contribution in [2.45, 2.75) is 19.0 Å². The fourth-order valence-electron chi connectivity index (χ4n) is 2.27. The molecule has 0 radical (unpaired) electrons. The molecule has 2 aromatic rings. The predicted molar refractivity (Wildman–Crippen MR) is 70.2 cm³/mol. The third-order valence-corrected chi connectivity index (χ3v) is 3.03. The first-order valence-electron chi connectivity index (χ1n) is 5.93. The van der Waals surface area contributed by atoms with Gasteiger partial charge in [-0.25, -0.2) is 4.98 Å². The summed E-state index contributed by atoms with van der Waals surface area (Å²) >= 11 is 0. The van der Waals surface area contributed by atoms with Gasteiger partial charge in [0.2, 0.25) is 0 Å². The van der Waals surface area contributed by atoms with Gasteiger partial charge in [0.15, 0.2) is 11.5 Å². The van der Waals surface area contributed by atoms with Crippen LogP contribution in [0, 0.1) is 6.92 Å². The Balaban J connectivity index is 2.43. The third-order valence-electron chi connectivity index (χ3n) is 3.03. The summed E-state index contributed by atoms with van der Waals surface area (Å²) in [6.45, 7) is 1.77. The second-order valence-electron chi connectivity index (χ2n) is 4.71. The molecule has 0 aliphatic heterocycles. The SMILES string of the molecule is Cc1nc2cc(C(C(N)CO)N(C)C)ccc2o1. The van der Waals surface area contributed by atoms with Crippen molar-refractivity contribution < 1.29 is 9.52 Å². The highest BCUT2D eigenvalue weighted by molar-refractivity contribution is 5.73. The summed E-state index contributed by atoms with van der Waals surface area (Å²) in [6, 6.07) is 5.45. The van der Waals surface area contributed by atoms with Gasteiger partial charge in [0.05, 0.1) is 12.6 Å². The van der Waals surface area contributed by atoms with Crippen molar-refractivity contribution in [1.82, 2.24) is 9.88 Å². The number of likely N-dealkylation sites (N-methyl/N-ethyl adjacent to an activating group) is 1. The molecule has 0 saturated carbocycles. The third kappa shape index (κ3) is 2.38. The molecule has 18 heavy (non-hydrogen) atoms. The van der Waals surface area contributed by atoms with Crippen molar-refractivity contribution >= 4 is 11.1 Å². The van der Waals surface area contributed by atoms with Crippen LogP contribution in [0.5, 0.6) is 0 Å². The summed E-state index contributed by atoms with van der Waals surface area (Å²) in [5.74, 6) is 0.648. The van der Waals surface area contributed by atoms with Gasteiger partial charge in [-0.15, -0.1) is 0 Å². The van der Waals surface area contributed by atoms with E-state index in [1.54, 1.807) is 0 Å². The van der Waals surface area contributed by atoms with Crippen molar-refractivity contribution in [2.24, 2.45) is 5.73 Å². The van der Waals surface area contributed by atoms with E-state index in [4.69, 9.17) is 10.2 Å². The minimum atomic E-state index is -0.328. The smallest absolute Gasteiger partial charge is 0.192 e. The molecule has 0 aliphatic rings. The predicted octanol–water partition coefficient (Wildman–Crippen LogP) is 1.06. The lowest BCUT2D eigenvalue weighted by Crippen LogP contribution is -2.39. The molecule has 1 aromatic heterocycles. The summed E-state index contributed by atoms with van der Waals surface area (Å²) in [4.78, 5) is 6.31. The lowest BCUT2D eigenvalue weighted by Gasteiger charge is -2.29. The Morgan fingerprint density at radius 3 is 2.78 bits per heavy atom. The molecule has 0 fully saturated rings. The van der Waals surface area contributed by atoms with Gasteiger partial charge in [0.25, 0.3) is 0 Å². The van der Waals surface area contributed by atoms with Gasteiger partial charge in [-0.2, -0.15) is 0 Å². The van der Waals surface area contributed by atoms with E-state index in [1.165, 1.54) is 0 Å². The van der Waals surface area contributed by atoms with Gasteiger partial charge < -0.3 is 20.2 Å². The first-order valence-corrected chi connectivity index (χ1v) is 5.93. The normalized spacial score (nSPS) is 15.2. The van der Waals surface area contributed by atoms with Crippen LogP contribution < -0.4 is 5.73 Å². The summed E-state index contributed by atoms with van der Waals surface area (Å²) in [5.41, 5.74) is 8.58. The van der Waals surface area contributed by atoms with E-state index >= 15 is 0 Å². The number of rotatable bonds is 4. The average molecular weight is 249 g/mol. The minimum absolute atomic E-state index is 0.0450. The largest absolute Gasteiger partial charge is 0.441 e. The molecule has 2 atom stereocenters. The van der Waals surface area contributed by atoms with E-state index in [0.29, 0.717) is 5.89 Å². The first kappa shape index (κ1) is 13.0. The lowest BCUT2D eigenvalue weighted by molar-refractivity contribution is 0.181. The number of nitrogens with zero attached hydrogens (tertiary/aromatic N) is 2. The number of oxazole rings is 1. The molecular weight excluding hydrogens is 230 g/mol. The number of nitrogens with two attached hydrogens (primary N) is 1. The molecule has 2 unspecified atom stereocenters. The van der Waals surface area contributed by atoms with Crippen LogP contribution in [0.4, 0.5) is 0 Å². The number of hydrogen-bond donors (Lipinski definition) is 2. The molecule has 3 N–H and O–H groups in total. The molecule has 5 nitrogen and oxygen atoms in total. The standard InChI is InChI=1S/C13H19N3O2/c1-8-15-11-6-9(4-5-12(11)18-8)13(16(2)3)10(14)7-17/h4-6,10,13,17H,7,14H2,1-3H3. The van der Waals surface area contributed by atoms with E-state index in [-0.39, 0.29) is 18.7 Å². The Morgan fingerprint density at radius 2 is 2.17 bits per heavy atom. The van der Waals surface area contributed by atoms with Gasteiger partial charge in [-0.3, -0.25) is 0 Å². The number of fused-ring (bicyclic) bond motifs is 1. The summed E-state index contributed by atoms with van der Waals surface area (Å²) in [7, 11) is 3.89. The second kappa shape index (κ2) is 5.06. The van der Waals surface area contributed by atoms with Crippen molar-refractivity contribution in [1.29, 1.82) is 0 Å². The molecule has 1 heterocycles. The monoisotopic (exact) mass is 249 g/mol. The fraction of sp³-hybridized carbons (Fsp3) is 0.462. The van der Waals surface area contributed by atoms with E-state index < -0.39 is 0 Å². The van der Waals surface area contributed by atoms with E-state index in [2.05, 4.69) is 4.98 Å². The molecule has 0 amide bonds. The van der Waals surface area contributed by atoms with Crippen molar-refractivity contribution in [3.63, 3.8) is 0 Å².